The van der Waals surface area contributed by atoms with Crippen LogP contribution >= 0.6 is 12.2 Å². The summed E-state index contributed by atoms with van der Waals surface area (Å²) in [7, 11) is 0. The number of para-hydroxylation sites is 1. The van der Waals surface area contributed by atoms with Crippen LogP contribution in [0.15, 0.2) is 47.3 Å². The molecule has 1 aliphatic rings. The van der Waals surface area contributed by atoms with Gasteiger partial charge in [0.15, 0.2) is 4.77 Å². The molecule has 6 nitrogen and oxygen atoms in total. The third-order valence-corrected chi connectivity index (χ3v) is 6.13. The molecule has 1 saturated heterocycles. The fourth-order valence-corrected chi connectivity index (χ4v) is 4.22. The molecule has 0 saturated carbocycles. The number of carbonyl (C=O) groups is 1. The van der Waals surface area contributed by atoms with Crippen LogP contribution in [0.2, 0.25) is 0 Å². The zero-order chi connectivity index (χ0) is 22.0. The van der Waals surface area contributed by atoms with Crippen molar-refractivity contribution in [1.82, 2.24) is 19.8 Å². The van der Waals surface area contributed by atoms with Gasteiger partial charge in [-0.1, -0.05) is 19.1 Å². The van der Waals surface area contributed by atoms with Gasteiger partial charge in [0.05, 0.1) is 16.6 Å². The van der Waals surface area contributed by atoms with Crippen LogP contribution in [-0.4, -0.2) is 46.5 Å². The van der Waals surface area contributed by atoms with Crippen LogP contribution in [0.5, 0.6) is 0 Å². The van der Waals surface area contributed by atoms with Gasteiger partial charge < -0.3 is 15.2 Å². The van der Waals surface area contributed by atoms with Crippen molar-refractivity contribution in [2.45, 2.75) is 19.8 Å². The molecule has 1 aromatic heterocycles. The van der Waals surface area contributed by atoms with E-state index in [1.165, 1.54) is 25.0 Å². The minimum absolute atomic E-state index is 0.0690. The Hall–Kier alpha value is -2.84. The third-order valence-electron chi connectivity index (χ3n) is 5.84. The highest BCUT2D eigenvalue weighted by Crippen LogP contribution is 2.16. The molecule has 2 N–H and O–H groups in total. The van der Waals surface area contributed by atoms with Crippen molar-refractivity contribution in [3.63, 3.8) is 0 Å². The molecule has 1 fully saturated rings. The van der Waals surface area contributed by atoms with Gasteiger partial charge in [0.2, 0.25) is 0 Å². The van der Waals surface area contributed by atoms with E-state index in [1.807, 2.05) is 0 Å². The number of aromatic amines is 1. The number of benzene rings is 2. The quantitative estimate of drug-likeness (QED) is 0.594. The van der Waals surface area contributed by atoms with Crippen molar-refractivity contribution < 1.29 is 9.18 Å². The lowest BCUT2D eigenvalue weighted by molar-refractivity contribution is 0.0944. The van der Waals surface area contributed by atoms with Gasteiger partial charge in [-0.3, -0.25) is 9.59 Å². The summed E-state index contributed by atoms with van der Waals surface area (Å²) in [6, 6.07) is 10.7. The minimum atomic E-state index is -0.539. The molecular weight excluding hydrogens is 415 g/mol. The first-order valence-electron chi connectivity index (χ1n) is 10.5. The molecule has 4 rings (SSSR count). The molecule has 162 valence electrons. The molecule has 3 aromatic rings. The molecule has 0 aliphatic carbocycles. The highest BCUT2D eigenvalue weighted by Gasteiger charge is 2.16. The molecule has 31 heavy (non-hydrogen) atoms. The Morgan fingerprint density at radius 3 is 2.71 bits per heavy atom. The van der Waals surface area contributed by atoms with Gasteiger partial charge in [0.1, 0.15) is 5.82 Å². The van der Waals surface area contributed by atoms with Crippen LogP contribution in [0.3, 0.4) is 0 Å². The Morgan fingerprint density at radius 1 is 1.23 bits per heavy atom. The molecule has 0 unspecified atom stereocenters. The zero-order valence-electron chi connectivity index (χ0n) is 17.4. The summed E-state index contributed by atoms with van der Waals surface area (Å²) in [6.07, 6.45) is 2.39. The molecule has 8 heteroatoms. The van der Waals surface area contributed by atoms with Crippen LogP contribution in [-0.2, 0) is 0 Å². The number of nitrogens with zero attached hydrogens (tertiary/aromatic N) is 2. The number of hydrogen-bond acceptors (Lipinski definition) is 4. The van der Waals surface area contributed by atoms with E-state index in [9.17, 15) is 14.0 Å². The number of aromatic nitrogens is 2. The number of amides is 1. The number of piperidine rings is 1. The van der Waals surface area contributed by atoms with E-state index in [0.29, 0.717) is 23.0 Å². The topological polar surface area (TPSA) is 70.1 Å². The first-order valence-corrected chi connectivity index (χ1v) is 10.9. The molecule has 2 aromatic carbocycles. The van der Waals surface area contributed by atoms with Crippen molar-refractivity contribution in [2.75, 3.05) is 26.2 Å². The normalized spacial score (nSPS) is 15.3. The lowest BCUT2D eigenvalue weighted by atomic mass is 9.99. The molecule has 0 atom stereocenters. The summed E-state index contributed by atoms with van der Waals surface area (Å²) < 4.78 is 15.4. The number of rotatable bonds is 5. The third kappa shape index (κ3) is 4.60. The van der Waals surface area contributed by atoms with Crippen molar-refractivity contribution in [1.29, 1.82) is 0 Å². The van der Waals surface area contributed by atoms with Gasteiger partial charge in [-0.2, -0.15) is 0 Å². The maximum absolute atomic E-state index is 14.2. The van der Waals surface area contributed by atoms with E-state index in [4.69, 9.17) is 12.2 Å². The molecular formula is C23H25FN4O2S. The average molecular weight is 441 g/mol. The number of carbonyl (C=O) groups excluding carboxylic acids is 1. The van der Waals surface area contributed by atoms with E-state index in [0.717, 1.165) is 30.1 Å². The van der Waals surface area contributed by atoms with Crippen LogP contribution in [0, 0.1) is 16.5 Å². The molecule has 0 radical (unpaired) electrons. The predicted molar refractivity (Wildman–Crippen MR) is 122 cm³/mol. The fourth-order valence-electron chi connectivity index (χ4n) is 3.93. The second-order valence-electron chi connectivity index (χ2n) is 8.06. The smallest absolute Gasteiger partial charge is 0.266 e. The summed E-state index contributed by atoms with van der Waals surface area (Å²) in [6.45, 7) is 5.79. The van der Waals surface area contributed by atoms with Crippen molar-refractivity contribution in [3.05, 3.63) is 69.0 Å². The summed E-state index contributed by atoms with van der Waals surface area (Å²) in [5.74, 6) is 0.0319. The van der Waals surface area contributed by atoms with Crippen molar-refractivity contribution in [3.8, 4) is 5.69 Å². The predicted octanol–water partition coefficient (Wildman–Crippen LogP) is 3.65. The van der Waals surface area contributed by atoms with E-state index >= 15 is 0 Å². The molecule has 1 amide bonds. The maximum atomic E-state index is 14.2. The number of fused-ring (bicyclic) bond motifs is 1. The number of likely N-dealkylation sites (tertiary alicyclic amines) is 1. The highest BCUT2D eigenvalue weighted by atomic mass is 32.1. The monoisotopic (exact) mass is 440 g/mol. The lowest BCUT2D eigenvalue weighted by Crippen LogP contribution is -2.39. The number of H-pyrrole nitrogens is 1. The Kier molecular flexibility index (Phi) is 6.29. The van der Waals surface area contributed by atoms with Gasteiger partial charge in [0, 0.05) is 18.7 Å². The summed E-state index contributed by atoms with van der Waals surface area (Å²) in [4.78, 5) is 30.9. The van der Waals surface area contributed by atoms with Crippen LogP contribution in [0.25, 0.3) is 16.6 Å². The summed E-state index contributed by atoms with van der Waals surface area (Å²) in [5.41, 5.74) is 0.536. The van der Waals surface area contributed by atoms with Crippen LogP contribution in [0.1, 0.15) is 30.1 Å². The SMILES string of the molecule is CC1CCN(CCNC(=O)c2ccc3c(=O)n(-c4ccccc4F)c(=S)[nH]c3c2)CC1. The lowest BCUT2D eigenvalue weighted by Gasteiger charge is -2.30. The van der Waals surface area contributed by atoms with Crippen LogP contribution < -0.4 is 10.9 Å². The Labute approximate surface area is 184 Å². The molecule has 0 bridgehead atoms. The largest absolute Gasteiger partial charge is 0.351 e. The number of nitrogens with one attached hydrogen (secondary N) is 2. The second-order valence-corrected chi connectivity index (χ2v) is 8.45. The van der Waals surface area contributed by atoms with E-state index in [2.05, 4.69) is 22.1 Å². The van der Waals surface area contributed by atoms with Crippen LogP contribution in [0.4, 0.5) is 4.39 Å². The van der Waals surface area contributed by atoms with Gasteiger partial charge in [0.25, 0.3) is 11.5 Å². The number of hydrogen-bond donors (Lipinski definition) is 2. The Bertz CT molecular complexity index is 1230. The first kappa shape index (κ1) is 21.4. The van der Waals surface area contributed by atoms with Crippen molar-refractivity contribution in [2.24, 2.45) is 5.92 Å². The second kappa shape index (κ2) is 9.11. The standard InChI is InChI=1S/C23H25FN4O2S/c1-15-8-11-27(12-9-15)13-10-25-21(29)16-6-7-17-19(14-16)26-23(31)28(22(17)30)20-5-3-2-4-18(20)24/h2-7,14-15H,8-13H2,1H3,(H,25,29)(H,26,31). The minimum Gasteiger partial charge on any atom is -0.351 e. The fraction of sp³-hybridized carbons (Fsp3) is 0.348. The Balaban J connectivity index is 1.52. The Morgan fingerprint density at radius 2 is 1.97 bits per heavy atom. The van der Waals surface area contributed by atoms with E-state index < -0.39 is 11.4 Å². The first-order chi connectivity index (χ1) is 14.9. The van der Waals surface area contributed by atoms with E-state index in [-0.39, 0.29) is 16.4 Å². The van der Waals surface area contributed by atoms with Gasteiger partial charge in [-0.25, -0.2) is 8.96 Å². The van der Waals surface area contributed by atoms with Gasteiger partial charge in [-0.05, 0) is 74.4 Å². The molecule has 2 heterocycles. The summed E-state index contributed by atoms with van der Waals surface area (Å²) in [5, 5.41) is 3.27. The highest BCUT2D eigenvalue weighted by molar-refractivity contribution is 7.71. The van der Waals surface area contributed by atoms with E-state index in [1.54, 1.807) is 30.3 Å². The molecule has 1 aliphatic heterocycles. The average Bonchev–Trinajstić information content (AvgIpc) is 2.76. The summed E-state index contributed by atoms with van der Waals surface area (Å²) >= 11 is 5.30. The van der Waals surface area contributed by atoms with Gasteiger partial charge >= 0.3 is 0 Å². The van der Waals surface area contributed by atoms with Crippen molar-refractivity contribution >= 4 is 29.0 Å². The number of halogens is 1. The zero-order valence-corrected chi connectivity index (χ0v) is 18.2. The maximum Gasteiger partial charge on any atom is 0.266 e. The van der Waals surface area contributed by atoms with Gasteiger partial charge in [-0.15, -0.1) is 0 Å². The molecule has 0 spiro atoms.